The summed E-state index contributed by atoms with van der Waals surface area (Å²) in [5.74, 6) is 0.973. The minimum absolute atomic E-state index is 0.477. The second kappa shape index (κ2) is 5.37. The fourth-order valence-electron chi connectivity index (χ4n) is 1.52. The van der Waals surface area contributed by atoms with E-state index in [0.717, 1.165) is 28.6 Å². The van der Waals surface area contributed by atoms with E-state index < -0.39 is 0 Å². The molecule has 0 aliphatic heterocycles. The van der Waals surface area contributed by atoms with Crippen molar-refractivity contribution in [2.24, 2.45) is 0 Å². The predicted octanol–water partition coefficient (Wildman–Crippen LogP) is 2.92. The van der Waals surface area contributed by atoms with E-state index in [1.54, 1.807) is 11.8 Å². The van der Waals surface area contributed by atoms with E-state index in [9.17, 15) is 0 Å². The third-order valence-corrected chi connectivity index (χ3v) is 3.37. The number of para-hydroxylation sites is 2. The number of aromatic nitrogens is 1. The van der Waals surface area contributed by atoms with E-state index in [1.165, 1.54) is 0 Å². The zero-order valence-corrected chi connectivity index (χ0v) is 10.4. The molecule has 1 unspecified atom stereocenters. The molecule has 0 saturated heterocycles. The average Bonchev–Trinajstić information content (AvgIpc) is 2.69. The van der Waals surface area contributed by atoms with Crippen molar-refractivity contribution >= 4 is 22.9 Å². The molecule has 0 amide bonds. The van der Waals surface area contributed by atoms with Crippen LogP contribution in [0.4, 0.5) is 0 Å². The standard InChI is InChI=1S/C12H16N2OS/c1-3-13-9(2)8-16-12-14-10-6-4-5-7-11(10)15-12/h4-7,9,13H,3,8H2,1-2H3. The third kappa shape index (κ3) is 2.77. The van der Waals surface area contributed by atoms with Crippen LogP contribution in [-0.4, -0.2) is 23.3 Å². The maximum absolute atomic E-state index is 5.62. The van der Waals surface area contributed by atoms with Crippen LogP contribution in [0, 0.1) is 0 Å². The molecule has 0 aliphatic rings. The molecule has 1 aromatic carbocycles. The van der Waals surface area contributed by atoms with Gasteiger partial charge in [-0.2, -0.15) is 0 Å². The van der Waals surface area contributed by atoms with Crippen LogP contribution in [0.5, 0.6) is 0 Å². The van der Waals surface area contributed by atoms with Gasteiger partial charge in [0.25, 0.3) is 5.22 Å². The summed E-state index contributed by atoms with van der Waals surface area (Å²) in [4.78, 5) is 4.41. The number of rotatable bonds is 5. The van der Waals surface area contributed by atoms with E-state index in [0.29, 0.717) is 6.04 Å². The van der Waals surface area contributed by atoms with Crippen molar-refractivity contribution in [3.63, 3.8) is 0 Å². The molecule has 0 bridgehead atoms. The first-order valence-corrected chi connectivity index (χ1v) is 6.50. The van der Waals surface area contributed by atoms with E-state index in [-0.39, 0.29) is 0 Å². The molecular weight excluding hydrogens is 220 g/mol. The molecule has 4 heteroatoms. The van der Waals surface area contributed by atoms with Gasteiger partial charge in [-0.05, 0) is 25.6 Å². The Labute approximate surface area is 99.6 Å². The van der Waals surface area contributed by atoms with E-state index in [2.05, 4.69) is 24.1 Å². The fourth-order valence-corrected chi connectivity index (χ4v) is 2.34. The van der Waals surface area contributed by atoms with Crippen molar-refractivity contribution in [2.45, 2.75) is 25.1 Å². The molecule has 0 spiro atoms. The molecule has 2 rings (SSSR count). The van der Waals surface area contributed by atoms with Crippen molar-refractivity contribution in [1.29, 1.82) is 0 Å². The molecule has 2 aromatic rings. The summed E-state index contributed by atoms with van der Waals surface area (Å²) in [7, 11) is 0. The molecule has 0 aliphatic carbocycles. The van der Waals surface area contributed by atoms with Gasteiger partial charge in [0.05, 0.1) is 0 Å². The highest BCUT2D eigenvalue weighted by Gasteiger charge is 2.07. The fraction of sp³-hybridized carbons (Fsp3) is 0.417. The van der Waals surface area contributed by atoms with E-state index >= 15 is 0 Å². The van der Waals surface area contributed by atoms with Crippen molar-refractivity contribution in [2.75, 3.05) is 12.3 Å². The van der Waals surface area contributed by atoms with Crippen LogP contribution in [0.3, 0.4) is 0 Å². The molecule has 1 heterocycles. The summed E-state index contributed by atoms with van der Waals surface area (Å²) < 4.78 is 5.62. The maximum Gasteiger partial charge on any atom is 0.256 e. The first-order chi connectivity index (χ1) is 7.79. The quantitative estimate of drug-likeness (QED) is 0.810. The summed E-state index contributed by atoms with van der Waals surface area (Å²) in [6.45, 7) is 5.27. The number of fused-ring (bicyclic) bond motifs is 1. The van der Waals surface area contributed by atoms with Gasteiger partial charge in [-0.1, -0.05) is 30.8 Å². The minimum atomic E-state index is 0.477. The molecule has 0 saturated carbocycles. The maximum atomic E-state index is 5.62. The molecule has 1 aromatic heterocycles. The highest BCUT2D eigenvalue weighted by atomic mass is 32.2. The van der Waals surface area contributed by atoms with Crippen molar-refractivity contribution in [3.8, 4) is 0 Å². The number of nitrogens with zero attached hydrogens (tertiary/aromatic N) is 1. The topological polar surface area (TPSA) is 38.1 Å². The molecule has 86 valence electrons. The van der Waals surface area contributed by atoms with Gasteiger partial charge in [0, 0.05) is 11.8 Å². The Morgan fingerprint density at radius 3 is 3.00 bits per heavy atom. The highest BCUT2D eigenvalue weighted by Crippen LogP contribution is 2.23. The molecular formula is C12H16N2OS. The summed E-state index contributed by atoms with van der Waals surface area (Å²) in [5.41, 5.74) is 1.79. The Balaban J connectivity index is 1.99. The Hall–Kier alpha value is -1.00. The van der Waals surface area contributed by atoms with E-state index in [4.69, 9.17) is 4.42 Å². The molecule has 0 fully saturated rings. The van der Waals surface area contributed by atoms with Crippen LogP contribution < -0.4 is 5.32 Å². The number of nitrogens with one attached hydrogen (secondary N) is 1. The Morgan fingerprint density at radius 1 is 1.44 bits per heavy atom. The van der Waals surface area contributed by atoms with Crippen LogP contribution in [0.15, 0.2) is 33.9 Å². The van der Waals surface area contributed by atoms with Crippen LogP contribution in [0.25, 0.3) is 11.1 Å². The first-order valence-electron chi connectivity index (χ1n) is 5.51. The Morgan fingerprint density at radius 2 is 2.25 bits per heavy atom. The van der Waals surface area contributed by atoms with Gasteiger partial charge in [0.1, 0.15) is 5.52 Å². The smallest absolute Gasteiger partial charge is 0.256 e. The molecule has 0 radical (unpaired) electrons. The molecule has 1 N–H and O–H groups in total. The lowest BCUT2D eigenvalue weighted by molar-refractivity contribution is 0.488. The van der Waals surface area contributed by atoms with Gasteiger partial charge >= 0.3 is 0 Å². The number of oxazole rings is 1. The number of hydrogen-bond acceptors (Lipinski definition) is 4. The minimum Gasteiger partial charge on any atom is -0.431 e. The summed E-state index contributed by atoms with van der Waals surface area (Å²) in [6, 6.07) is 8.32. The van der Waals surface area contributed by atoms with Gasteiger partial charge in [-0.3, -0.25) is 0 Å². The van der Waals surface area contributed by atoms with Crippen LogP contribution in [0.2, 0.25) is 0 Å². The monoisotopic (exact) mass is 236 g/mol. The number of benzene rings is 1. The second-order valence-electron chi connectivity index (χ2n) is 3.72. The zero-order valence-electron chi connectivity index (χ0n) is 9.56. The molecule has 16 heavy (non-hydrogen) atoms. The van der Waals surface area contributed by atoms with Crippen molar-refractivity contribution < 1.29 is 4.42 Å². The summed E-state index contributed by atoms with van der Waals surface area (Å²) >= 11 is 1.65. The van der Waals surface area contributed by atoms with Gasteiger partial charge < -0.3 is 9.73 Å². The van der Waals surface area contributed by atoms with Crippen molar-refractivity contribution in [1.82, 2.24) is 10.3 Å². The van der Waals surface area contributed by atoms with Gasteiger partial charge in [-0.15, -0.1) is 0 Å². The zero-order chi connectivity index (χ0) is 11.4. The van der Waals surface area contributed by atoms with Crippen molar-refractivity contribution in [3.05, 3.63) is 24.3 Å². The SMILES string of the molecule is CCNC(C)CSc1nc2ccccc2o1. The lowest BCUT2D eigenvalue weighted by Gasteiger charge is -2.09. The number of hydrogen-bond donors (Lipinski definition) is 1. The Bertz CT molecular complexity index is 422. The predicted molar refractivity (Wildman–Crippen MR) is 67.9 cm³/mol. The van der Waals surface area contributed by atoms with E-state index in [1.807, 2.05) is 24.3 Å². The van der Waals surface area contributed by atoms with Crippen LogP contribution in [0.1, 0.15) is 13.8 Å². The lowest BCUT2D eigenvalue weighted by atomic mass is 10.3. The summed E-state index contributed by atoms with van der Waals surface area (Å²) in [6.07, 6.45) is 0. The van der Waals surface area contributed by atoms with Crippen LogP contribution >= 0.6 is 11.8 Å². The third-order valence-electron chi connectivity index (χ3n) is 2.28. The summed E-state index contributed by atoms with van der Waals surface area (Å²) in [5, 5.41) is 4.11. The van der Waals surface area contributed by atoms with Gasteiger partial charge in [0.2, 0.25) is 0 Å². The molecule has 3 nitrogen and oxygen atoms in total. The van der Waals surface area contributed by atoms with Gasteiger partial charge in [-0.25, -0.2) is 4.98 Å². The second-order valence-corrected chi connectivity index (χ2v) is 4.69. The average molecular weight is 236 g/mol. The number of thioether (sulfide) groups is 1. The Kier molecular flexibility index (Phi) is 3.85. The lowest BCUT2D eigenvalue weighted by Crippen LogP contribution is -2.27. The van der Waals surface area contributed by atoms with Gasteiger partial charge in [0.15, 0.2) is 5.58 Å². The van der Waals surface area contributed by atoms with Crippen LogP contribution in [-0.2, 0) is 0 Å². The molecule has 1 atom stereocenters. The highest BCUT2D eigenvalue weighted by molar-refractivity contribution is 7.99. The largest absolute Gasteiger partial charge is 0.431 e. The first kappa shape index (κ1) is 11.5. The normalized spacial score (nSPS) is 13.1.